The third-order valence-corrected chi connectivity index (χ3v) is 3.65. The Morgan fingerprint density at radius 1 is 1.26 bits per heavy atom. The van der Waals surface area contributed by atoms with Crippen LogP contribution in [0.5, 0.6) is 0 Å². The number of carboxylic acid groups (broad SMARTS) is 2. The molecule has 4 N–H and O–H groups in total. The minimum absolute atomic E-state index is 0.0160. The van der Waals surface area contributed by atoms with Gasteiger partial charge in [0.05, 0.1) is 5.92 Å². The highest BCUT2D eigenvalue weighted by Gasteiger charge is 2.26. The maximum Gasteiger partial charge on any atom is 0.306 e. The molecular weight excluding hydrogens is 304 g/mol. The molecule has 1 amide bonds. The molecule has 0 unspecified atom stereocenters. The van der Waals surface area contributed by atoms with Crippen molar-refractivity contribution in [1.29, 1.82) is 0 Å². The molecule has 126 valence electrons. The summed E-state index contributed by atoms with van der Waals surface area (Å²) in [5.41, 5.74) is 0.675. The maximum atomic E-state index is 12.1. The van der Waals surface area contributed by atoms with Crippen molar-refractivity contribution in [2.75, 3.05) is 0 Å². The number of hydrogen-bond acceptors (Lipinski definition) is 4. The number of carbonyl (C=O) groups is 3. The molecule has 0 saturated heterocycles. The summed E-state index contributed by atoms with van der Waals surface area (Å²) in [4.78, 5) is 45.2. The SMILES string of the molecule is Cc1cc(C(=O)NC2CCC(C(=O)O)CC2)cc(=O)[nH]1.O=CO. The normalized spacial score (nSPS) is 19.9. The molecule has 1 heterocycles. The highest BCUT2D eigenvalue weighted by atomic mass is 16.4. The molecular formula is C15H20N2O6. The van der Waals surface area contributed by atoms with Crippen LogP contribution in [0.4, 0.5) is 0 Å². The van der Waals surface area contributed by atoms with Gasteiger partial charge in [0.1, 0.15) is 0 Å². The first-order chi connectivity index (χ1) is 10.9. The monoisotopic (exact) mass is 324 g/mol. The number of aryl methyl sites for hydroxylation is 1. The summed E-state index contributed by atoms with van der Waals surface area (Å²) in [6, 6.07) is 2.88. The Morgan fingerprint density at radius 2 is 1.83 bits per heavy atom. The molecule has 0 aliphatic heterocycles. The Morgan fingerprint density at radius 3 is 2.30 bits per heavy atom. The minimum Gasteiger partial charge on any atom is -0.483 e. The number of carboxylic acids is 1. The molecule has 1 aliphatic rings. The van der Waals surface area contributed by atoms with E-state index >= 15 is 0 Å². The number of hydrogen-bond donors (Lipinski definition) is 4. The standard InChI is InChI=1S/C14H18N2O4.CH2O2/c1-8-6-10(7-12(17)15-8)13(18)16-11-4-2-9(3-5-11)14(19)20;2-1-3/h6-7,9,11H,2-5H2,1H3,(H,15,17)(H,16,18)(H,19,20);1H,(H,2,3). The topological polar surface area (TPSA) is 137 Å². The van der Waals surface area contributed by atoms with Gasteiger partial charge in [-0.25, -0.2) is 0 Å². The van der Waals surface area contributed by atoms with E-state index in [1.807, 2.05) is 0 Å². The Labute approximate surface area is 132 Å². The van der Waals surface area contributed by atoms with Crippen molar-refractivity contribution in [3.05, 3.63) is 33.7 Å². The van der Waals surface area contributed by atoms with Crippen LogP contribution in [0.2, 0.25) is 0 Å². The third kappa shape index (κ3) is 5.93. The number of rotatable bonds is 3. The van der Waals surface area contributed by atoms with Crippen LogP contribution >= 0.6 is 0 Å². The second-order valence-electron chi connectivity index (χ2n) is 5.38. The van der Waals surface area contributed by atoms with Crippen LogP contribution in [0, 0.1) is 12.8 Å². The molecule has 0 spiro atoms. The van der Waals surface area contributed by atoms with Crippen LogP contribution in [0.1, 0.15) is 41.7 Å². The number of nitrogens with one attached hydrogen (secondary N) is 2. The van der Waals surface area contributed by atoms with Crippen LogP contribution in [-0.4, -0.2) is 39.6 Å². The Hall–Kier alpha value is -2.64. The van der Waals surface area contributed by atoms with Gasteiger partial charge in [0.25, 0.3) is 12.4 Å². The first-order valence-electron chi connectivity index (χ1n) is 7.19. The van der Waals surface area contributed by atoms with Crippen LogP contribution < -0.4 is 10.9 Å². The lowest BCUT2D eigenvalue weighted by molar-refractivity contribution is -0.142. The largest absolute Gasteiger partial charge is 0.483 e. The van der Waals surface area contributed by atoms with Gasteiger partial charge in [-0.2, -0.15) is 0 Å². The molecule has 0 atom stereocenters. The van der Waals surface area contributed by atoms with Gasteiger partial charge in [0.2, 0.25) is 5.56 Å². The molecule has 8 heteroatoms. The molecule has 1 aliphatic carbocycles. The third-order valence-electron chi connectivity index (χ3n) is 3.65. The predicted octanol–water partition coefficient (Wildman–Crippen LogP) is 0.757. The van der Waals surface area contributed by atoms with Gasteiger partial charge < -0.3 is 20.5 Å². The fourth-order valence-electron chi connectivity index (χ4n) is 2.57. The second-order valence-corrected chi connectivity index (χ2v) is 5.38. The van der Waals surface area contributed by atoms with E-state index in [0.717, 1.165) is 0 Å². The first kappa shape index (κ1) is 18.4. The van der Waals surface area contributed by atoms with Gasteiger partial charge in [-0.15, -0.1) is 0 Å². The number of aromatic nitrogens is 1. The van der Waals surface area contributed by atoms with E-state index < -0.39 is 5.97 Å². The van der Waals surface area contributed by atoms with Crippen molar-refractivity contribution in [1.82, 2.24) is 10.3 Å². The van der Waals surface area contributed by atoms with E-state index in [2.05, 4.69) is 10.3 Å². The zero-order valence-electron chi connectivity index (χ0n) is 12.7. The summed E-state index contributed by atoms with van der Waals surface area (Å²) in [5, 5.41) is 18.7. The molecule has 1 saturated carbocycles. The fourth-order valence-corrected chi connectivity index (χ4v) is 2.57. The maximum absolute atomic E-state index is 12.1. The number of carbonyl (C=O) groups excluding carboxylic acids is 1. The van der Waals surface area contributed by atoms with E-state index in [9.17, 15) is 14.4 Å². The molecule has 1 aromatic rings. The lowest BCUT2D eigenvalue weighted by atomic mass is 9.86. The van der Waals surface area contributed by atoms with Gasteiger partial charge in [-0.3, -0.25) is 19.2 Å². The van der Waals surface area contributed by atoms with Gasteiger partial charge in [-0.1, -0.05) is 0 Å². The summed E-state index contributed by atoms with van der Waals surface area (Å²) in [5.74, 6) is -1.34. The van der Waals surface area contributed by atoms with Crippen LogP contribution in [0.25, 0.3) is 0 Å². The molecule has 2 rings (SSSR count). The van der Waals surface area contributed by atoms with Crippen molar-refractivity contribution in [2.45, 2.75) is 38.6 Å². The molecule has 0 aromatic carbocycles. The lowest BCUT2D eigenvalue weighted by Crippen LogP contribution is -2.39. The Balaban J connectivity index is 0.000000816. The molecule has 8 nitrogen and oxygen atoms in total. The van der Waals surface area contributed by atoms with Gasteiger partial charge in [-0.05, 0) is 38.7 Å². The van der Waals surface area contributed by atoms with Crippen LogP contribution in [-0.2, 0) is 9.59 Å². The minimum atomic E-state index is -0.764. The zero-order chi connectivity index (χ0) is 17.4. The second kappa shape index (κ2) is 8.72. The van der Waals surface area contributed by atoms with Crippen molar-refractivity contribution in [3.63, 3.8) is 0 Å². The summed E-state index contributed by atoms with van der Waals surface area (Å²) >= 11 is 0. The van der Waals surface area contributed by atoms with Crippen molar-refractivity contribution in [3.8, 4) is 0 Å². The summed E-state index contributed by atoms with van der Waals surface area (Å²) < 4.78 is 0. The van der Waals surface area contributed by atoms with E-state index in [-0.39, 0.29) is 29.9 Å². The molecule has 1 aromatic heterocycles. The molecule has 0 bridgehead atoms. The van der Waals surface area contributed by atoms with E-state index in [4.69, 9.17) is 15.0 Å². The summed E-state index contributed by atoms with van der Waals surface area (Å²) in [6.45, 7) is 1.47. The number of amides is 1. The Kier molecular flexibility index (Phi) is 6.98. The van der Waals surface area contributed by atoms with Gasteiger partial charge in [0, 0.05) is 23.4 Å². The van der Waals surface area contributed by atoms with Crippen molar-refractivity contribution < 1.29 is 24.6 Å². The number of pyridine rings is 1. The van der Waals surface area contributed by atoms with E-state index in [1.54, 1.807) is 13.0 Å². The van der Waals surface area contributed by atoms with Crippen molar-refractivity contribution >= 4 is 18.3 Å². The average Bonchev–Trinajstić information content (AvgIpc) is 2.47. The molecule has 0 radical (unpaired) electrons. The quantitative estimate of drug-likeness (QED) is 0.606. The lowest BCUT2D eigenvalue weighted by Gasteiger charge is -2.26. The number of aliphatic carboxylic acids is 1. The highest BCUT2D eigenvalue weighted by molar-refractivity contribution is 5.94. The van der Waals surface area contributed by atoms with E-state index in [1.165, 1.54) is 6.07 Å². The first-order valence-corrected chi connectivity index (χ1v) is 7.19. The Bertz CT molecular complexity index is 617. The fraction of sp³-hybridized carbons (Fsp3) is 0.467. The van der Waals surface area contributed by atoms with E-state index in [0.29, 0.717) is 36.9 Å². The number of aromatic amines is 1. The molecule has 1 fully saturated rings. The summed E-state index contributed by atoms with van der Waals surface area (Å²) in [7, 11) is 0. The van der Waals surface area contributed by atoms with Crippen molar-refractivity contribution in [2.24, 2.45) is 5.92 Å². The predicted molar refractivity (Wildman–Crippen MR) is 81.3 cm³/mol. The summed E-state index contributed by atoms with van der Waals surface area (Å²) in [6.07, 6.45) is 2.47. The van der Waals surface area contributed by atoms with Gasteiger partial charge in [0.15, 0.2) is 0 Å². The number of H-pyrrole nitrogens is 1. The van der Waals surface area contributed by atoms with Crippen LogP contribution in [0.3, 0.4) is 0 Å². The van der Waals surface area contributed by atoms with Gasteiger partial charge >= 0.3 is 5.97 Å². The average molecular weight is 324 g/mol. The smallest absolute Gasteiger partial charge is 0.306 e. The zero-order valence-corrected chi connectivity index (χ0v) is 12.7. The van der Waals surface area contributed by atoms with Crippen LogP contribution in [0.15, 0.2) is 16.9 Å². The molecule has 23 heavy (non-hydrogen) atoms. The highest BCUT2D eigenvalue weighted by Crippen LogP contribution is 2.24.